The molecule has 5 atom stereocenters. The molecule has 0 bridgehead atoms. The Morgan fingerprint density at radius 1 is 1.31 bits per heavy atom. The van der Waals surface area contributed by atoms with Crippen LogP contribution in [0.5, 0.6) is 0 Å². The number of ether oxygens (including phenoxy) is 1. The van der Waals surface area contributed by atoms with Crippen LogP contribution in [0, 0.1) is 0 Å². The zero-order valence-electron chi connectivity index (χ0n) is 6.65. The Morgan fingerprint density at radius 2 is 1.92 bits per heavy atom. The van der Waals surface area contributed by atoms with Gasteiger partial charge in [-0.15, -0.1) is 0 Å². The molecule has 1 saturated heterocycles. The van der Waals surface area contributed by atoms with Gasteiger partial charge >= 0.3 is 0 Å². The molecule has 13 heavy (non-hydrogen) atoms. The molecule has 1 unspecified atom stereocenters. The topological polar surface area (TPSA) is 120 Å². The van der Waals surface area contributed by atoms with Crippen molar-refractivity contribution in [2.75, 3.05) is 6.61 Å². The Balaban J connectivity index is 2.60. The van der Waals surface area contributed by atoms with Crippen LogP contribution >= 0.6 is 0 Å². The van der Waals surface area contributed by atoms with Crippen LogP contribution in [-0.4, -0.2) is 63.0 Å². The standard InChI is InChI=1S/C6H12O7/c7-1-2(8)5-3(9)4(10)6(12-5)13-11/h2-11H,1H2/t2-,3-,4-,5-,6?/m1/s1. The summed E-state index contributed by atoms with van der Waals surface area (Å²) < 4.78 is 4.71. The van der Waals surface area contributed by atoms with E-state index in [1.54, 1.807) is 0 Å². The zero-order valence-corrected chi connectivity index (χ0v) is 6.65. The molecular formula is C6H12O7. The summed E-state index contributed by atoms with van der Waals surface area (Å²) in [5.74, 6) is 0. The summed E-state index contributed by atoms with van der Waals surface area (Å²) in [7, 11) is 0. The van der Waals surface area contributed by atoms with Crippen LogP contribution in [0.1, 0.15) is 0 Å². The second-order valence-corrected chi connectivity index (χ2v) is 2.81. The third-order valence-corrected chi connectivity index (χ3v) is 1.93. The second-order valence-electron chi connectivity index (χ2n) is 2.81. The molecule has 7 nitrogen and oxygen atoms in total. The van der Waals surface area contributed by atoms with E-state index in [-0.39, 0.29) is 0 Å². The summed E-state index contributed by atoms with van der Waals surface area (Å²) in [4.78, 5) is 3.69. The van der Waals surface area contributed by atoms with Gasteiger partial charge in [0, 0.05) is 0 Å². The van der Waals surface area contributed by atoms with Crippen molar-refractivity contribution >= 4 is 0 Å². The maximum atomic E-state index is 9.22. The van der Waals surface area contributed by atoms with E-state index in [0.717, 1.165) is 0 Å². The molecule has 78 valence electrons. The fraction of sp³-hybridized carbons (Fsp3) is 1.00. The zero-order chi connectivity index (χ0) is 10.0. The van der Waals surface area contributed by atoms with Gasteiger partial charge in [-0.05, 0) is 0 Å². The van der Waals surface area contributed by atoms with E-state index in [1.165, 1.54) is 0 Å². The molecule has 1 rings (SSSR count). The summed E-state index contributed by atoms with van der Waals surface area (Å²) in [6, 6.07) is 0. The van der Waals surface area contributed by atoms with Crippen LogP contribution in [0.15, 0.2) is 0 Å². The monoisotopic (exact) mass is 196 g/mol. The predicted octanol–water partition coefficient (Wildman–Crippen LogP) is -2.72. The van der Waals surface area contributed by atoms with Gasteiger partial charge in [0.25, 0.3) is 0 Å². The highest BCUT2D eigenvalue weighted by atomic mass is 17.1. The van der Waals surface area contributed by atoms with Gasteiger partial charge in [-0.25, -0.2) is 10.1 Å². The van der Waals surface area contributed by atoms with Crippen LogP contribution < -0.4 is 0 Å². The van der Waals surface area contributed by atoms with Crippen molar-refractivity contribution < 1.29 is 35.3 Å². The summed E-state index contributed by atoms with van der Waals surface area (Å²) >= 11 is 0. The smallest absolute Gasteiger partial charge is 0.220 e. The van der Waals surface area contributed by atoms with Crippen LogP contribution in [0.25, 0.3) is 0 Å². The predicted molar refractivity (Wildman–Crippen MR) is 37.5 cm³/mol. The first-order valence-corrected chi connectivity index (χ1v) is 3.72. The van der Waals surface area contributed by atoms with Crippen molar-refractivity contribution in [2.45, 2.75) is 30.7 Å². The lowest BCUT2D eigenvalue weighted by molar-refractivity contribution is -0.356. The van der Waals surface area contributed by atoms with Gasteiger partial charge in [0.05, 0.1) is 6.61 Å². The summed E-state index contributed by atoms with van der Waals surface area (Å²) in [6.45, 7) is -0.618. The number of aliphatic hydroxyl groups is 4. The third-order valence-electron chi connectivity index (χ3n) is 1.93. The Kier molecular flexibility index (Phi) is 3.56. The van der Waals surface area contributed by atoms with Crippen LogP contribution in [0.2, 0.25) is 0 Å². The largest absolute Gasteiger partial charge is 0.394 e. The SMILES string of the molecule is OC[C@@H](O)[C@H]1OC(OO)[C@H](O)[C@H]1O. The molecule has 0 radical (unpaired) electrons. The molecule has 1 heterocycles. The summed E-state index contributed by atoms with van der Waals surface area (Å²) in [6.07, 6.45) is -6.75. The maximum Gasteiger partial charge on any atom is 0.220 e. The van der Waals surface area contributed by atoms with Gasteiger partial charge in [-0.3, -0.25) is 0 Å². The van der Waals surface area contributed by atoms with E-state index in [4.69, 9.17) is 25.3 Å². The highest BCUT2D eigenvalue weighted by Gasteiger charge is 2.46. The Bertz CT molecular complexity index is 163. The number of hydrogen-bond donors (Lipinski definition) is 5. The molecule has 0 saturated carbocycles. The fourth-order valence-corrected chi connectivity index (χ4v) is 1.18. The van der Waals surface area contributed by atoms with Crippen molar-refractivity contribution in [1.82, 2.24) is 0 Å². The molecule has 0 aromatic heterocycles. The van der Waals surface area contributed by atoms with Gasteiger partial charge in [-0.2, -0.15) is 0 Å². The normalized spacial score (nSPS) is 42.2. The van der Waals surface area contributed by atoms with Crippen LogP contribution in [-0.2, 0) is 9.62 Å². The van der Waals surface area contributed by atoms with Gasteiger partial charge in [0.2, 0.25) is 6.29 Å². The van der Waals surface area contributed by atoms with Crippen molar-refractivity contribution in [3.63, 3.8) is 0 Å². The first-order chi connectivity index (χ1) is 6.11. The van der Waals surface area contributed by atoms with E-state index in [2.05, 4.69) is 4.89 Å². The minimum atomic E-state index is -1.45. The van der Waals surface area contributed by atoms with Gasteiger partial charge in [-0.1, -0.05) is 0 Å². The average Bonchev–Trinajstić information content (AvgIpc) is 2.43. The van der Waals surface area contributed by atoms with Crippen molar-refractivity contribution in [3.8, 4) is 0 Å². The van der Waals surface area contributed by atoms with Crippen molar-refractivity contribution in [2.24, 2.45) is 0 Å². The first kappa shape index (κ1) is 10.8. The lowest BCUT2D eigenvalue weighted by Crippen LogP contribution is -2.40. The number of rotatable bonds is 3. The van der Waals surface area contributed by atoms with Crippen LogP contribution in [0.4, 0.5) is 0 Å². The van der Waals surface area contributed by atoms with E-state index in [1.807, 2.05) is 0 Å². The molecule has 1 fully saturated rings. The molecule has 0 aromatic rings. The van der Waals surface area contributed by atoms with E-state index < -0.39 is 37.3 Å². The minimum absolute atomic E-state index is 0.618. The third kappa shape index (κ3) is 1.97. The number of aliphatic hydroxyl groups excluding tert-OH is 4. The molecule has 0 aliphatic carbocycles. The highest BCUT2D eigenvalue weighted by molar-refractivity contribution is 4.90. The summed E-state index contributed by atoms with van der Waals surface area (Å²) in [5, 5.41) is 44.1. The van der Waals surface area contributed by atoms with Gasteiger partial charge in [0.15, 0.2) is 0 Å². The van der Waals surface area contributed by atoms with Crippen LogP contribution in [0.3, 0.4) is 0 Å². The molecule has 5 N–H and O–H groups in total. The van der Waals surface area contributed by atoms with Gasteiger partial charge < -0.3 is 25.2 Å². The van der Waals surface area contributed by atoms with E-state index in [0.29, 0.717) is 0 Å². The molecule has 1 aliphatic rings. The fourth-order valence-electron chi connectivity index (χ4n) is 1.18. The molecular weight excluding hydrogens is 184 g/mol. The average molecular weight is 196 g/mol. The molecule has 1 aliphatic heterocycles. The van der Waals surface area contributed by atoms with Crippen molar-refractivity contribution in [1.29, 1.82) is 0 Å². The Hall–Kier alpha value is -0.280. The molecule has 0 spiro atoms. The first-order valence-electron chi connectivity index (χ1n) is 3.72. The summed E-state index contributed by atoms with van der Waals surface area (Å²) in [5.41, 5.74) is 0. The second kappa shape index (κ2) is 4.29. The minimum Gasteiger partial charge on any atom is -0.394 e. The van der Waals surface area contributed by atoms with Gasteiger partial charge in [0.1, 0.15) is 24.4 Å². The number of hydrogen-bond acceptors (Lipinski definition) is 7. The lowest BCUT2D eigenvalue weighted by Gasteiger charge is -2.18. The maximum absolute atomic E-state index is 9.22. The Morgan fingerprint density at radius 3 is 2.31 bits per heavy atom. The van der Waals surface area contributed by atoms with E-state index >= 15 is 0 Å². The highest BCUT2D eigenvalue weighted by Crippen LogP contribution is 2.23. The lowest BCUT2D eigenvalue weighted by atomic mass is 10.1. The quantitative estimate of drug-likeness (QED) is 0.245. The van der Waals surface area contributed by atoms with Crippen molar-refractivity contribution in [3.05, 3.63) is 0 Å². The molecule has 7 heteroatoms. The molecule has 0 amide bonds. The van der Waals surface area contributed by atoms with E-state index in [9.17, 15) is 5.11 Å². The molecule has 0 aromatic carbocycles. The Labute approximate surface area is 73.7 Å².